The Balaban J connectivity index is 2.10. The molecule has 0 spiro atoms. The van der Waals surface area contributed by atoms with Crippen molar-refractivity contribution in [1.82, 2.24) is 4.90 Å². The van der Waals surface area contributed by atoms with E-state index in [1.807, 2.05) is 6.07 Å². The van der Waals surface area contributed by atoms with Crippen LogP contribution in [0.5, 0.6) is 0 Å². The summed E-state index contributed by atoms with van der Waals surface area (Å²) in [7, 11) is -3.32. The maximum atomic E-state index is 12.3. The summed E-state index contributed by atoms with van der Waals surface area (Å²) < 4.78 is 24.7. The van der Waals surface area contributed by atoms with Crippen LogP contribution >= 0.6 is 0 Å². The molecule has 20 heavy (non-hydrogen) atoms. The minimum atomic E-state index is -3.32. The molecule has 1 aliphatic heterocycles. The molecular formula is C15H20N2O2S. The fourth-order valence-corrected chi connectivity index (χ4v) is 3.97. The van der Waals surface area contributed by atoms with Gasteiger partial charge in [0.05, 0.1) is 22.3 Å². The van der Waals surface area contributed by atoms with Crippen LogP contribution in [0.4, 0.5) is 0 Å². The summed E-state index contributed by atoms with van der Waals surface area (Å²) in [5.41, 5.74) is 0.469. The summed E-state index contributed by atoms with van der Waals surface area (Å²) in [4.78, 5) is 2.48. The third-order valence-corrected chi connectivity index (χ3v) is 5.72. The number of nitriles is 1. The maximum Gasteiger partial charge on any atom is 0.179 e. The molecule has 2 rings (SSSR count). The highest BCUT2D eigenvalue weighted by atomic mass is 32.2. The molecule has 1 saturated heterocycles. The van der Waals surface area contributed by atoms with E-state index in [1.54, 1.807) is 18.2 Å². The van der Waals surface area contributed by atoms with E-state index < -0.39 is 9.84 Å². The zero-order valence-electron chi connectivity index (χ0n) is 12.0. The topological polar surface area (TPSA) is 61.2 Å². The monoisotopic (exact) mass is 292 g/mol. The van der Waals surface area contributed by atoms with Gasteiger partial charge in [-0.25, -0.2) is 8.42 Å². The minimum absolute atomic E-state index is 0.0873. The van der Waals surface area contributed by atoms with Crippen LogP contribution in [0.25, 0.3) is 0 Å². The van der Waals surface area contributed by atoms with Crippen LogP contribution in [0.15, 0.2) is 29.2 Å². The van der Waals surface area contributed by atoms with Gasteiger partial charge in [0.1, 0.15) is 0 Å². The molecule has 0 unspecified atom stereocenters. The van der Waals surface area contributed by atoms with Crippen molar-refractivity contribution in [2.45, 2.75) is 37.1 Å². The highest BCUT2D eigenvalue weighted by Crippen LogP contribution is 2.28. The van der Waals surface area contributed by atoms with E-state index in [9.17, 15) is 8.42 Å². The average Bonchev–Trinajstić information content (AvgIpc) is 2.75. The fraction of sp³-hybridized carbons (Fsp3) is 0.533. The Morgan fingerprint density at radius 2 is 2.15 bits per heavy atom. The maximum absolute atomic E-state index is 12.3. The molecule has 1 aromatic rings. The molecule has 0 bridgehead atoms. The summed E-state index contributed by atoms with van der Waals surface area (Å²) in [5, 5.41) is 8.85. The second kappa shape index (κ2) is 5.55. The largest absolute Gasteiger partial charge is 0.297 e. The predicted octanol–water partition coefficient (Wildman–Crippen LogP) is 2.21. The van der Waals surface area contributed by atoms with Crippen LogP contribution < -0.4 is 0 Å². The van der Waals surface area contributed by atoms with Gasteiger partial charge in [0.15, 0.2) is 9.84 Å². The smallest absolute Gasteiger partial charge is 0.179 e. The lowest BCUT2D eigenvalue weighted by atomic mass is 10.0. The highest BCUT2D eigenvalue weighted by Gasteiger charge is 2.32. The first-order chi connectivity index (χ1) is 9.35. The Kier molecular flexibility index (Phi) is 4.17. The molecule has 1 fully saturated rings. The first kappa shape index (κ1) is 15.0. The quantitative estimate of drug-likeness (QED) is 0.853. The zero-order valence-corrected chi connectivity index (χ0v) is 12.8. The second-order valence-electron chi connectivity index (χ2n) is 5.86. The lowest BCUT2D eigenvalue weighted by Crippen LogP contribution is -2.40. The standard InChI is InChI=1S/C15H20N2O2S/c1-15(2)7-4-8-17(15)9-10-20(18,19)14-6-3-5-13(11-14)12-16/h3,5-6,11H,4,7-10H2,1-2H3. The van der Waals surface area contributed by atoms with E-state index in [1.165, 1.54) is 6.07 Å². The number of rotatable bonds is 4. The van der Waals surface area contributed by atoms with Gasteiger partial charge in [-0.1, -0.05) is 6.07 Å². The molecular weight excluding hydrogens is 272 g/mol. The van der Waals surface area contributed by atoms with E-state index >= 15 is 0 Å². The van der Waals surface area contributed by atoms with Gasteiger partial charge in [-0.2, -0.15) is 5.26 Å². The zero-order chi connectivity index (χ0) is 14.8. The van der Waals surface area contributed by atoms with Gasteiger partial charge in [-0.3, -0.25) is 4.90 Å². The Bertz CT molecular complexity index is 630. The SMILES string of the molecule is CC1(C)CCCN1CCS(=O)(=O)c1cccc(C#N)c1. The van der Waals surface area contributed by atoms with Gasteiger partial charge < -0.3 is 0 Å². The number of hydrogen-bond donors (Lipinski definition) is 0. The molecule has 0 atom stereocenters. The van der Waals surface area contributed by atoms with Crippen molar-refractivity contribution in [3.63, 3.8) is 0 Å². The minimum Gasteiger partial charge on any atom is -0.297 e. The molecule has 1 aromatic carbocycles. The van der Waals surface area contributed by atoms with Crippen molar-refractivity contribution in [2.75, 3.05) is 18.8 Å². The van der Waals surface area contributed by atoms with Crippen LogP contribution in [0.2, 0.25) is 0 Å². The summed E-state index contributed by atoms with van der Waals surface area (Å²) >= 11 is 0. The first-order valence-corrected chi connectivity index (χ1v) is 8.48. The summed E-state index contributed by atoms with van der Waals surface area (Å²) in [6, 6.07) is 8.21. The van der Waals surface area contributed by atoms with Crippen LogP contribution in [0.1, 0.15) is 32.3 Å². The van der Waals surface area contributed by atoms with E-state index in [0.29, 0.717) is 12.1 Å². The Labute approximate surface area is 120 Å². The highest BCUT2D eigenvalue weighted by molar-refractivity contribution is 7.91. The number of likely N-dealkylation sites (tertiary alicyclic amines) is 1. The summed E-state index contributed by atoms with van der Waals surface area (Å²) in [6.07, 6.45) is 2.23. The molecule has 1 aliphatic rings. The molecule has 5 heteroatoms. The lowest BCUT2D eigenvalue weighted by Gasteiger charge is -2.31. The normalized spacial score (nSPS) is 18.9. The van der Waals surface area contributed by atoms with E-state index in [2.05, 4.69) is 18.7 Å². The van der Waals surface area contributed by atoms with E-state index in [4.69, 9.17) is 5.26 Å². The van der Waals surface area contributed by atoms with E-state index in [-0.39, 0.29) is 16.2 Å². The van der Waals surface area contributed by atoms with Gasteiger partial charge in [0, 0.05) is 12.1 Å². The lowest BCUT2D eigenvalue weighted by molar-refractivity contribution is 0.186. The molecule has 108 valence electrons. The average molecular weight is 292 g/mol. The predicted molar refractivity (Wildman–Crippen MR) is 78.1 cm³/mol. The first-order valence-electron chi connectivity index (χ1n) is 6.83. The van der Waals surface area contributed by atoms with Gasteiger partial charge in [-0.15, -0.1) is 0 Å². The Morgan fingerprint density at radius 3 is 2.75 bits per heavy atom. The third-order valence-electron chi connectivity index (χ3n) is 4.02. The van der Waals surface area contributed by atoms with Crippen molar-refractivity contribution < 1.29 is 8.42 Å². The van der Waals surface area contributed by atoms with E-state index in [0.717, 1.165) is 19.4 Å². The van der Waals surface area contributed by atoms with Gasteiger partial charge in [0.2, 0.25) is 0 Å². The van der Waals surface area contributed by atoms with Crippen molar-refractivity contribution >= 4 is 9.84 Å². The number of benzene rings is 1. The van der Waals surface area contributed by atoms with Crippen molar-refractivity contribution in [3.8, 4) is 6.07 Å². The molecule has 0 N–H and O–H groups in total. The fourth-order valence-electron chi connectivity index (χ4n) is 2.69. The van der Waals surface area contributed by atoms with Crippen molar-refractivity contribution in [1.29, 1.82) is 5.26 Å². The molecule has 1 heterocycles. The summed E-state index contributed by atoms with van der Waals surface area (Å²) in [6.45, 7) is 5.82. The van der Waals surface area contributed by atoms with Gasteiger partial charge in [0.25, 0.3) is 0 Å². The molecule has 0 aliphatic carbocycles. The van der Waals surface area contributed by atoms with Crippen molar-refractivity contribution in [3.05, 3.63) is 29.8 Å². The van der Waals surface area contributed by atoms with Gasteiger partial charge in [-0.05, 0) is 51.4 Å². The Morgan fingerprint density at radius 1 is 1.40 bits per heavy atom. The molecule has 0 saturated carbocycles. The number of nitrogens with zero attached hydrogens (tertiary/aromatic N) is 2. The third kappa shape index (κ3) is 3.20. The van der Waals surface area contributed by atoms with Gasteiger partial charge >= 0.3 is 0 Å². The Hall–Kier alpha value is -1.38. The number of hydrogen-bond acceptors (Lipinski definition) is 4. The number of sulfone groups is 1. The summed E-state index contributed by atoms with van der Waals surface area (Å²) in [5.74, 6) is 0.102. The molecule has 0 aromatic heterocycles. The second-order valence-corrected chi connectivity index (χ2v) is 7.97. The molecule has 0 radical (unpaired) electrons. The molecule has 0 amide bonds. The van der Waals surface area contributed by atoms with Crippen LogP contribution in [0, 0.1) is 11.3 Å². The molecule has 4 nitrogen and oxygen atoms in total. The van der Waals surface area contributed by atoms with Crippen LogP contribution in [-0.4, -0.2) is 37.7 Å². The van der Waals surface area contributed by atoms with Crippen LogP contribution in [0.3, 0.4) is 0 Å². The van der Waals surface area contributed by atoms with Crippen molar-refractivity contribution in [2.24, 2.45) is 0 Å². The van der Waals surface area contributed by atoms with Crippen LogP contribution in [-0.2, 0) is 9.84 Å².